The van der Waals surface area contributed by atoms with E-state index in [1.165, 1.54) is 18.0 Å². The first-order chi connectivity index (χ1) is 16.0. The van der Waals surface area contributed by atoms with Gasteiger partial charge < -0.3 is 19.7 Å². The maximum absolute atomic E-state index is 13.0. The van der Waals surface area contributed by atoms with Crippen molar-refractivity contribution in [2.75, 3.05) is 33.4 Å². The lowest BCUT2D eigenvalue weighted by atomic mass is 10.0. The van der Waals surface area contributed by atoms with Gasteiger partial charge in [-0.2, -0.15) is 0 Å². The van der Waals surface area contributed by atoms with Crippen LogP contribution in [0.4, 0.5) is 0 Å². The van der Waals surface area contributed by atoms with E-state index < -0.39 is 17.9 Å². The van der Waals surface area contributed by atoms with Crippen LogP contribution in [0.25, 0.3) is 0 Å². The number of carbonyl (C=O) groups excluding carboxylic acids is 4. The van der Waals surface area contributed by atoms with Gasteiger partial charge in [-0.05, 0) is 69.8 Å². The highest BCUT2D eigenvalue weighted by Gasteiger charge is 2.33. The summed E-state index contributed by atoms with van der Waals surface area (Å²) in [4.78, 5) is 49.2. The molecule has 3 rings (SSSR count). The van der Waals surface area contributed by atoms with Crippen LogP contribution >= 0.6 is 0 Å². The van der Waals surface area contributed by atoms with Crippen molar-refractivity contribution >= 4 is 24.0 Å². The fraction of sp³-hybridized carbons (Fsp3) is 0.583. The Hall–Kier alpha value is -2.78. The third-order valence-electron chi connectivity index (χ3n) is 6.08. The monoisotopic (exact) mass is 459 g/mol. The zero-order valence-electron chi connectivity index (χ0n) is 19.1. The fourth-order valence-corrected chi connectivity index (χ4v) is 4.08. The standard InChI is InChI=1S/C24H33N3O6/c1-27(21-7-8-22(29)26-23(21)30)24(31)20-15-19(6-5-17(20)16-28)33-14-4-2-3-13-32-18-9-11-25-12-10-18/h5-6,15-16,18,21,25H,2-4,7-14H2,1H3,(H,26,29,30). The third kappa shape index (κ3) is 7.10. The number of hydrogen-bond acceptors (Lipinski definition) is 7. The van der Waals surface area contributed by atoms with Gasteiger partial charge in [0, 0.05) is 25.6 Å². The van der Waals surface area contributed by atoms with Gasteiger partial charge in [0.05, 0.1) is 18.3 Å². The average Bonchev–Trinajstić information content (AvgIpc) is 2.83. The van der Waals surface area contributed by atoms with E-state index in [-0.39, 0.29) is 29.9 Å². The van der Waals surface area contributed by atoms with Crippen molar-refractivity contribution in [3.05, 3.63) is 29.3 Å². The van der Waals surface area contributed by atoms with Gasteiger partial charge in [-0.3, -0.25) is 24.5 Å². The summed E-state index contributed by atoms with van der Waals surface area (Å²) in [7, 11) is 1.50. The lowest BCUT2D eigenvalue weighted by Gasteiger charge is -2.30. The lowest BCUT2D eigenvalue weighted by molar-refractivity contribution is -0.136. The van der Waals surface area contributed by atoms with Crippen LogP contribution in [0.5, 0.6) is 5.75 Å². The number of carbonyl (C=O) groups is 4. The number of aldehydes is 1. The van der Waals surface area contributed by atoms with Gasteiger partial charge in [-0.1, -0.05) is 0 Å². The summed E-state index contributed by atoms with van der Waals surface area (Å²) in [5, 5.41) is 5.57. The second-order valence-electron chi connectivity index (χ2n) is 8.48. The second kappa shape index (κ2) is 12.5. The molecule has 2 N–H and O–H groups in total. The number of hydrogen-bond donors (Lipinski definition) is 2. The first-order valence-electron chi connectivity index (χ1n) is 11.6. The van der Waals surface area contributed by atoms with E-state index in [1.54, 1.807) is 12.1 Å². The van der Waals surface area contributed by atoms with Crippen molar-refractivity contribution in [3.63, 3.8) is 0 Å². The fourth-order valence-electron chi connectivity index (χ4n) is 4.08. The lowest BCUT2D eigenvalue weighted by Crippen LogP contribution is -2.53. The quantitative estimate of drug-likeness (QED) is 0.294. The van der Waals surface area contributed by atoms with E-state index >= 15 is 0 Å². The van der Waals surface area contributed by atoms with Crippen molar-refractivity contribution in [1.82, 2.24) is 15.5 Å². The minimum Gasteiger partial charge on any atom is -0.494 e. The molecule has 2 aliphatic heterocycles. The number of nitrogens with one attached hydrogen (secondary N) is 2. The highest BCUT2D eigenvalue weighted by molar-refractivity contribution is 6.06. The SMILES string of the molecule is CN(C(=O)c1cc(OCCCCCOC2CCNCC2)ccc1C=O)C1CCC(=O)NC1=O. The first-order valence-corrected chi connectivity index (χ1v) is 11.6. The highest BCUT2D eigenvalue weighted by Crippen LogP contribution is 2.21. The molecule has 0 saturated carbocycles. The molecule has 2 fully saturated rings. The molecule has 2 heterocycles. The van der Waals surface area contributed by atoms with Crippen LogP contribution in [0, 0.1) is 0 Å². The Morgan fingerprint density at radius 1 is 1.12 bits per heavy atom. The van der Waals surface area contributed by atoms with Gasteiger partial charge in [0.25, 0.3) is 5.91 Å². The Balaban J connectivity index is 1.47. The minimum absolute atomic E-state index is 0.167. The number of benzene rings is 1. The molecule has 9 heteroatoms. The van der Waals surface area contributed by atoms with Crippen LogP contribution in [0.1, 0.15) is 65.7 Å². The highest BCUT2D eigenvalue weighted by atomic mass is 16.5. The van der Waals surface area contributed by atoms with Gasteiger partial charge >= 0.3 is 0 Å². The molecular weight excluding hydrogens is 426 g/mol. The van der Waals surface area contributed by atoms with Crippen molar-refractivity contribution in [3.8, 4) is 5.75 Å². The third-order valence-corrected chi connectivity index (χ3v) is 6.08. The predicted molar refractivity (Wildman–Crippen MR) is 121 cm³/mol. The molecule has 0 radical (unpaired) electrons. The molecular formula is C24H33N3O6. The van der Waals surface area contributed by atoms with Crippen molar-refractivity contribution in [2.24, 2.45) is 0 Å². The first kappa shape index (κ1) is 24.9. The number of piperidine rings is 2. The molecule has 2 aliphatic rings. The Bertz CT molecular complexity index is 853. The molecule has 2 saturated heterocycles. The van der Waals surface area contributed by atoms with Gasteiger partial charge in [-0.15, -0.1) is 0 Å². The number of likely N-dealkylation sites (N-methyl/N-ethyl adjacent to an activating group) is 1. The van der Waals surface area contributed by atoms with E-state index in [1.807, 2.05) is 0 Å². The van der Waals surface area contributed by atoms with Crippen LogP contribution in [-0.2, 0) is 14.3 Å². The molecule has 0 aliphatic carbocycles. The molecule has 0 spiro atoms. The van der Waals surface area contributed by atoms with E-state index in [2.05, 4.69) is 10.6 Å². The molecule has 33 heavy (non-hydrogen) atoms. The van der Waals surface area contributed by atoms with Gasteiger partial charge in [-0.25, -0.2) is 0 Å². The maximum atomic E-state index is 13.0. The summed E-state index contributed by atoms with van der Waals surface area (Å²) in [5.74, 6) is -0.830. The summed E-state index contributed by atoms with van der Waals surface area (Å²) in [6, 6.07) is 3.98. The topological polar surface area (TPSA) is 114 Å². The zero-order chi connectivity index (χ0) is 23.6. The van der Waals surface area contributed by atoms with Crippen LogP contribution in [0.2, 0.25) is 0 Å². The molecule has 1 aromatic rings. The summed E-state index contributed by atoms with van der Waals surface area (Å²) in [6.45, 7) is 3.29. The number of imide groups is 1. The predicted octanol–water partition coefficient (Wildman–Crippen LogP) is 1.69. The second-order valence-corrected chi connectivity index (χ2v) is 8.48. The maximum Gasteiger partial charge on any atom is 0.255 e. The van der Waals surface area contributed by atoms with Crippen LogP contribution in [-0.4, -0.2) is 74.4 Å². The van der Waals surface area contributed by atoms with E-state index in [0.29, 0.717) is 24.7 Å². The van der Waals surface area contributed by atoms with Crippen LogP contribution in [0.3, 0.4) is 0 Å². The molecule has 1 aromatic carbocycles. The number of nitrogens with zero attached hydrogens (tertiary/aromatic N) is 1. The van der Waals surface area contributed by atoms with Crippen molar-refractivity contribution < 1.29 is 28.7 Å². The molecule has 0 bridgehead atoms. The Morgan fingerprint density at radius 3 is 2.61 bits per heavy atom. The van der Waals surface area contributed by atoms with E-state index in [9.17, 15) is 19.2 Å². The van der Waals surface area contributed by atoms with Crippen LogP contribution in [0.15, 0.2) is 18.2 Å². The smallest absolute Gasteiger partial charge is 0.255 e. The minimum atomic E-state index is -0.758. The molecule has 9 nitrogen and oxygen atoms in total. The average molecular weight is 460 g/mol. The normalized spacial score (nSPS) is 19.1. The molecule has 1 unspecified atom stereocenters. The molecule has 3 amide bonds. The van der Waals surface area contributed by atoms with Crippen molar-refractivity contribution in [1.29, 1.82) is 0 Å². The Labute approximate surface area is 194 Å². The van der Waals surface area contributed by atoms with E-state index in [4.69, 9.17) is 9.47 Å². The molecule has 1 atom stereocenters. The summed E-state index contributed by atoms with van der Waals surface area (Å²) >= 11 is 0. The van der Waals surface area contributed by atoms with Crippen molar-refractivity contribution in [2.45, 2.75) is 57.1 Å². The Kier molecular flexibility index (Phi) is 9.38. The number of rotatable bonds is 11. The van der Waals surface area contributed by atoms with Gasteiger partial charge in [0.2, 0.25) is 11.8 Å². The molecule has 0 aromatic heterocycles. The number of unbranched alkanes of at least 4 members (excludes halogenated alkanes) is 2. The summed E-state index contributed by atoms with van der Waals surface area (Å²) in [6.07, 6.45) is 6.33. The van der Waals surface area contributed by atoms with E-state index in [0.717, 1.165) is 51.8 Å². The molecule has 180 valence electrons. The largest absolute Gasteiger partial charge is 0.494 e. The Morgan fingerprint density at radius 2 is 1.88 bits per heavy atom. The zero-order valence-corrected chi connectivity index (χ0v) is 19.1. The summed E-state index contributed by atoms with van der Waals surface area (Å²) in [5.41, 5.74) is 0.395. The number of ether oxygens (including phenoxy) is 2. The number of amides is 3. The van der Waals surface area contributed by atoms with Gasteiger partial charge in [0.15, 0.2) is 6.29 Å². The summed E-state index contributed by atoms with van der Waals surface area (Å²) < 4.78 is 11.7. The van der Waals surface area contributed by atoms with Gasteiger partial charge in [0.1, 0.15) is 11.8 Å². The van der Waals surface area contributed by atoms with Crippen LogP contribution < -0.4 is 15.4 Å².